The van der Waals surface area contributed by atoms with Gasteiger partial charge in [0.15, 0.2) is 0 Å². The van der Waals surface area contributed by atoms with Gasteiger partial charge in [-0.2, -0.15) is 0 Å². The fraction of sp³-hybridized carbons (Fsp3) is 0.488. The lowest BCUT2D eigenvalue weighted by Crippen LogP contribution is -2.51. The van der Waals surface area contributed by atoms with E-state index in [1.54, 1.807) is 18.3 Å². The molecule has 57 heavy (non-hydrogen) atoms. The van der Waals surface area contributed by atoms with E-state index in [1.807, 2.05) is 54.2 Å². The van der Waals surface area contributed by atoms with E-state index >= 15 is 0 Å². The van der Waals surface area contributed by atoms with Crippen LogP contribution in [-0.4, -0.2) is 85.3 Å². The number of methoxy groups -OCH3 is 1. The maximum absolute atomic E-state index is 13.8. The van der Waals surface area contributed by atoms with Crippen molar-refractivity contribution in [2.45, 2.75) is 91.9 Å². The van der Waals surface area contributed by atoms with Gasteiger partial charge < -0.3 is 34.6 Å². The molecule has 0 unspecified atom stereocenters. The largest absolute Gasteiger partial charge is 0.453 e. The van der Waals surface area contributed by atoms with Crippen molar-refractivity contribution >= 4 is 51.1 Å². The Balaban J connectivity index is 1.06. The molecule has 4 amide bonds. The van der Waals surface area contributed by atoms with Crippen LogP contribution in [0.1, 0.15) is 91.3 Å². The number of rotatable bonds is 11. The zero-order valence-electron chi connectivity index (χ0n) is 34.0. The molecule has 5 aromatic rings. The Labute approximate surface area is 337 Å². The van der Waals surface area contributed by atoms with Crippen molar-refractivity contribution in [3.05, 3.63) is 66.4 Å². The predicted molar refractivity (Wildman–Crippen MR) is 221 cm³/mol. The van der Waals surface area contributed by atoms with Crippen LogP contribution >= 0.6 is 11.3 Å². The lowest BCUT2D eigenvalue weighted by atomic mass is 10.0. The average Bonchev–Trinajstić information content (AvgIpc) is 4.02. The summed E-state index contributed by atoms with van der Waals surface area (Å²) in [5.74, 6) is 0.960. The maximum atomic E-state index is 13.8. The molecule has 0 aliphatic carbocycles. The highest BCUT2D eigenvalue weighted by Crippen LogP contribution is 2.40. The molecule has 3 N–H and O–H groups in total. The zero-order valence-corrected chi connectivity index (χ0v) is 34.9. The van der Waals surface area contributed by atoms with E-state index in [0.717, 1.165) is 61.9 Å². The molecule has 13 nitrogen and oxygen atoms in total. The molecule has 7 rings (SSSR count). The summed E-state index contributed by atoms with van der Waals surface area (Å²) in [5, 5.41) is 5.67. The summed E-state index contributed by atoms with van der Waals surface area (Å²) in [7, 11) is 1.30. The van der Waals surface area contributed by atoms with Gasteiger partial charge >= 0.3 is 6.09 Å². The van der Waals surface area contributed by atoms with Gasteiger partial charge in [-0.25, -0.2) is 14.8 Å². The van der Waals surface area contributed by atoms with Crippen molar-refractivity contribution in [3.8, 4) is 21.6 Å². The minimum absolute atomic E-state index is 0.0289. The molecule has 1 aromatic carbocycles. The molecule has 2 aliphatic heterocycles. The van der Waals surface area contributed by atoms with Crippen LogP contribution < -0.4 is 10.6 Å². The number of hydrogen-bond donors (Lipinski definition) is 3. The van der Waals surface area contributed by atoms with Crippen LogP contribution in [0.4, 0.5) is 4.79 Å². The molecule has 6 atom stereocenters. The number of H-pyrrole nitrogens is 1. The molecule has 4 aromatic heterocycles. The van der Waals surface area contributed by atoms with Crippen molar-refractivity contribution in [3.63, 3.8) is 0 Å². The first-order valence-electron chi connectivity index (χ1n) is 20.1. The number of aromatic amines is 1. The maximum Gasteiger partial charge on any atom is 0.407 e. The normalized spacial score (nSPS) is 20.8. The molecule has 6 heterocycles. The molecular formula is C43H54N8O5S. The predicted octanol–water partition coefficient (Wildman–Crippen LogP) is 7.36. The Morgan fingerprint density at radius 3 is 2.04 bits per heavy atom. The van der Waals surface area contributed by atoms with Crippen molar-refractivity contribution in [1.82, 2.24) is 39.8 Å². The Morgan fingerprint density at radius 2 is 1.42 bits per heavy atom. The number of amides is 4. The van der Waals surface area contributed by atoms with E-state index in [9.17, 15) is 19.2 Å². The highest BCUT2D eigenvalue weighted by molar-refractivity contribution is 7.21. The lowest BCUT2D eigenvalue weighted by Gasteiger charge is -2.30. The number of aromatic nitrogens is 4. The van der Waals surface area contributed by atoms with E-state index < -0.39 is 18.2 Å². The Hall–Kier alpha value is -5.24. The molecule has 14 heteroatoms. The molecule has 0 bridgehead atoms. The number of nitrogens with one attached hydrogen (secondary N) is 3. The summed E-state index contributed by atoms with van der Waals surface area (Å²) in [6, 6.07) is 13.0. The van der Waals surface area contributed by atoms with Crippen LogP contribution in [0, 0.1) is 23.7 Å². The van der Waals surface area contributed by atoms with Crippen molar-refractivity contribution in [2.24, 2.45) is 23.7 Å². The smallest absolute Gasteiger partial charge is 0.407 e. The SMILES string of the molecule is CCC(=O)N[C@H](C(=O)N1C[C@@H](C)C[C@H]1c1nc2cc(-c3ccc(-c4ccc5nc([C@@H]6C[C@H](C)CN6C(=O)[C@@H](NC(=O)OC)C(C)C)cn5c4)cc3)sc2[nH]1)C(C)C. The van der Waals surface area contributed by atoms with Crippen LogP contribution in [0.25, 0.3) is 37.6 Å². The summed E-state index contributed by atoms with van der Waals surface area (Å²) < 4.78 is 6.82. The average molecular weight is 795 g/mol. The second-order valence-corrected chi connectivity index (χ2v) is 17.6. The van der Waals surface area contributed by atoms with Crippen molar-refractivity contribution in [1.29, 1.82) is 0 Å². The van der Waals surface area contributed by atoms with Crippen LogP contribution in [0.15, 0.2) is 54.9 Å². The molecule has 0 saturated carbocycles. The number of carbonyl (C=O) groups is 4. The zero-order chi connectivity index (χ0) is 40.7. The third kappa shape index (κ3) is 8.14. The first-order chi connectivity index (χ1) is 27.2. The number of nitrogens with zero attached hydrogens (tertiary/aromatic N) is 5. The van der Waals surface area contributed by atoms with Gasteiger partial charge in [0.05, 0.1) is 24.9 Å². The number of benzene rings is 1. The van der Waals surface area contributed by atoms with Gasteiger partial charge in [-0.1, -0.05) is 72.7 Å². The van der Waals surface area contributed by atoms with Gasteiger partial charge in [0, 0.05) is 36.8 Å². The number of ether oxygens (including phenoxy) is 1. The number of thiophene rings is 1. The van der Waals surface area contributed by atoms with E-state index in [1.165, 1.54) is 7.11 Å². The highest BCUT2D eigenvalue weighted by atomic mass is 32.1. The van der Waals surface area contributed by atoms with Gasteiger partial charge in [-0.15, -0.1) is 11.3 Å². The first kappa shape index (κ1) is 40.0. The number of hydrogen-bond acceptors (Lipinski definition) is 8. The molecule has 0 spiro atoms. The van der Waals surface area contributed by atoms with Gasteiger partial charge in [0.25, 0.3) is 0 Å². The quantitative estimate of drug-likeness (QED) is 0.126. The number of fused-ring (bicyclic) bond motifs is 2. The van der Waals surface area contributed by atoms with Crippen LogP contribution in [0.2, 0.25) is 0 Å². The van der Waals surface area contributed by atoms with E-state index in [-0.39, 0.29) is 41.6 Å². The number of carbonyl (C=O) groups excluding carboxylic acids is 4. The summed E-state index contributed by atoms with van der Waals surface area (Å²) in [5.41, 5.74) is 5.69. The van der Waals surface area contributed by atoms with E-state index in [0.29, 0.717) is 31.3 Å². The molecule has 0 radical (unpaired) electrons. The lowest BCUT2D eigenvalue weighted by molar-refractivity contribution is -0.138. The van der Waals surface area contributed by atoms with Crippen molar-refractivity contribution in [2.75, 3.05) is 20.2 Å². The first-order valence-corrected chi connectivity index (χ1v) is 20.9. The standard InChI is InChI=1S/C43H54N8O5S/c1-9-36(52)46-37(23(2)3)41(53)51-20-26(7)17-33(51)39-45-30-18-34(57-40(30)48-39)28-12-10-27(11-13-28)29-14-15-35-44-31(22-49(35)21-29)32-16-25(6)19-50(32)42(54)38(24(4)5)47-43(55)56-8/h10-15,18,21-26,32-33,37-38H,9,16-17,19-20H2,1-8H3,(H,45,48)(H,46,52)(H,47,55)/t25-,26-,32-,33-,37-,38-/m0/s1. The fourth-order valence-corrected chi connectivity index (χ4v) is 9.27. The summed E-state index contributed by atoms with van der Waals surface area (Å²) in [4.78, 5) is 71.1. The van der Waals surface area contributed by atoms with E-state index in [2.05, 4.69) is 72.1 Å². The molecule has 2 aliphatic rings. The van der Waals surface area contributed by atoms with Crippen LogP contribution in [0.5, 0.6) is 0 Å². The number of likely N-dealkylation sites (tertiary alicyclic amines) is 2. The monoisotopic (exact) mass is 794 g/mol. The third-order valence-electron chi connectivity index (χ3n) is 11.4. The second kappa shape index (κ2) is 16.3. The second-order valence-electron chi connectivity index (χ2n) is 16.6. The summed E-state index contributed by atoms with van der Waals surface area (Å²) in [6.45, 7) is 15.1. The topological polar surface area (TPSA) is 154 Å². The minimum Gasteiger partial charge on any atom is -0.453 e. The number of pyridine rings is 1. The Kier molecular flexibility index (Phi) is 11.4. The highest BCUT2D eigenvalue weighted by Gasteiger charge is 2.41. The summed E-state index contributed by atoms with van der Waals surface area (Å²) >= 11 is 1.64. The van der Waals surface area contributed by atoms with Crippen LogP contribution in [-0.2, 0) is 19.1 Å². The fourth-order valence-electron chi connectivity index (χ4n) is 8.26. The molecular weight excluding hydrogens is 741 g/mol. The Morgan fingerprint density at radius 1 is 0.825 bits per heavy atom. The van der Waals surface area contributed by atoms with Gasteiger partial charge in [0.2, 0.25) is 17.7 Å². The minimum atomic E-state index is -0.692. The Bertz CT molecular complexity index is 2240. The van der Waals surface area contributed by atoms with Crippen LogP contribution in [0.3, 0.4) is 0 Å². The number of imidazole rings is 2. The van der Waals surface area contributed by atoms with Crippen molar-refractivity contribution < 1.29 is 23.9 Å². The van der Waals surface area contributed by atoms with Gasteiger partial charge in [0.1, 0.15) is 33.9 Å². The third-order valence-corrected chi connectivity index (χ3v) is 12.5. The van der Waals surface area contributed by atoms with Gasteiger partial charge in [-0.3, -0.25) is 14.4 Å². The molecule has 2 saturated heterocycles. The summed E-state index contributed by atoms with van der Waals surface area (Å²) in [6.07, 6.45) is 5.40. The number of alkyl carbamates (subject to hydrolysis) is 1. The molecule has 302 valence electrons. The molecule has 2 fully saturated rings. The van der Waals surface area contributed by atoms with E-state index in [4.69, 9.17) is 14.7 Å². The van der Waals surface area contributed by atoms with Gasteiger partial charge in [-0.05, 0) is 71.4 Å².